The highest BCUT2D eigenvalue weighted by atomic mass is 16.5. The molecule has 0 saturated carbocycles. The number of allylic oxidation sites excluding steroid dienone is 1. The van der Waals surface area contributed by atoms with Crippen LogP contribution in [0.25, 0.3) is 0 Å². The molecule has 76 valence electrons. The fourth-order valence-corrected chi connectivity index (χ4v) is 1.01. The Morgan fingerprint density at radius 2 is 2.00 bits per heavy atom. The first kappa shape index (κ1) is 12.3. The summed E-state index contributed by atoms with van der Waals surface area (Å²) in [6.45, 7) is 4.83. The number of nitrogens with one attached hydrogen (secondary N) is 1. The van der Waals surface area contributed by atoms with Gasteiger partial charge in [-0.05, 0) is 38.9 Å². The summed E-state index contributed by atoms with van der Waals surface area (Å²) in [5.41, 5.74) is 1.28. The average molecular weight is 185 g/mol. The van der Waals surface area contributed by atoms with Crippen LogP contribution in [-0.4, -0.2) is 33.1 Å². The van der Waals surface area contributed by atoms with Crippen LogP contribution in [0.5, 0.6) is 0 Å². The first-order chi connectivity index (χ1) is 6.35. The number of hydrogen-bond donors (Lipinski definition) is 1. The Labute approximate surface area is 80.2 Å². The number of methoxy groups -OCH3 is 1. The number of aldehydes is 1. The maximum atomic E-state index is 9.98. The van der Waals surface area contributed by atoms with E-state index in [-0.39, 0.29) is 0 Å². The van der Waals surface area contributed by atoms with Crippen molar-refractivity contribution in [2.45, 2.75) is 19.8 Å². The normalized spacial score (nSPS) is 15.7. The Morgan fingerprint density at radius 3 is 2.38 bits per heavy atom. The molecule has 1 fully saturated rings. The van der Waals surface area contributed by atoms with Gasteiger partial charge in [0, 0.05) is 13.7 Å². The number of rotatable bonds is 2. The molecule has 0 aromatic carbocycles. The lowest BCUT2D eigenvalue weighted by Crippen LogP contribution is -2.23. The molecule has 0 bridgehead atoms. The van der Waals surface area contributed by atoms with Crippen molar-refractivity contribution in [2.75, 3.05) is 26.8 Å². The van der Waals surface area contributed by atoms with E-state index in [0.717, 1.165) is 38.8 Å². The topological polar surface area (TPSA) is 38.3 Å². The van der Waals surface area contributed by atoms with Gasteiger partial charge in [-0.15, -0.1) is 0 Å². The van der Waals surface area contributed by atoms with Gasteiger partial charge in [-0.3, -0.25) is 4.79 Å². The van der Waals surface area contributed by atoms with Crippen LogP contribution in [-0.2, 0) is 9.53 Å². The van der Waals surface area contributed by atoms with Crippen LogP contribution in [0.2, 0.25) is 0 Å². The zero-order valence-corrected chi connectivity index (χ0v) is 8.51. The van der Waals surface area contributed by atoms with Crippen molar-refractivity contribution in [2.24, 2.45) is 0 Å². The van der Waals surface area contributed by atoms with Crippen molar-refractivity contribution < 1.29 is 9.53 Å². The highest BCUT2D eigenvalue weighted by molar-refractivity contribution is 5.66. The molecule has 1 saturated heterocycles. The number of piperidine rings is 1. The van der Waals surface area contributed by atoms with Crippen molar-refractivity contribution in [3.63, 3.8) is 0 Å². The molecule has 0 spiro atoms. The highest BCUT2D eigenvalue weighted by Crippen LogP contribution is 2.07. The van der Waals surface area contributed by atoms with Crippen molar-refractivity contribution in [1.82, 2.24) is 5.32 Å². The van der Waals surface area contributed by atoms with E-state index in [2.05, 4.69) is 10.1 Å². The van der Waals surface area contributed by atoms with Crippen LogP contribution in [0.4, 0.5) is 0 Å². The first-order valence-electron chi connectivity index (χ1n) is 4.68. The lowest BCUT2D eigenvalue weighted by Gasteiger charge is -2.13. The molecular weight excluding hydrogens is 166 g/mol. The van der Waals surface area contributed by atoms with E-state index in [1.54, 1.807) is 13.2 Å². The van der Waals surface area contributed by atoms with Gasteiger partial charge in [0.15, 0.2) is 0 Å². The predicted molar refractivity (Wildman–Crippen MR) is 53.8 cm³/mol. The summed E-state index contributed by atoms with van der Waals surface area (Å²) in [6.07, 6.45) is 4.64. The van der Waals surface area contributed by atoms with Crippen molar-refractivity contribution in [3.8, 4) is 0 Å². The molecule has 1 rings (SSSR count). The summed E-state index contributed by atoms with van der Waals surface area (Å²) >= 11 is 0. The first-order valence-corrected chi connectivity index (χ1v) is 4.68. The van der Waals surface area contributed by atoms with E-state index in [9.17, 15) is 4.79 Å². The highest BCUT2D eigenvalue weighted by Gasteiger charge is 2.01. The second kappa shape index (κ2) is 9.42. The van der Waals surface area contributed by atoms with Gasteiger partial charge in [-0.1, -0.05) is 5.57 Å². The number of hydrogen-bond acceptors (Lipinski definition) is 3. The van der Waals surface area contributed by atoms with Crippen LogP contribution in [0.1, 0.15) is 19.8 Å². The van der Waals surface area contributed by atoms with Gasteiger partial charge in [0.05, 0.1) is 0 Å². The number of carbonyl (C=O) groups is 1. The van der Waals surface area contributed by atoms with Crippen molar-refractivity contribution >= 4 is 6.29 Å². The summed E-state index contributed by atoms with van der Waals surface area (Å²) in [5, 5.41) is 3.22. The fraction of sp³-hybridized carbons (Fsp3) is 0.700. The SMILES string of the molecule is CCOC.O=CC=C1CCNCC1. The van der Waals surface area contributed by atoms with E-state index in [4.69, 9.17) is 0 Å². The van der Waals surface area contributed by atoms with Gasteiger partial charge in [-0.25, -0.2) is 0 Å². The van der Waals surface area contributed by atoms with Crippen molar-refractivity contribution in [3.05, 3.63) is 11.6 Å². The monoisotopic (exact) mass is 185 g/mol. The largest absolute Gasteiger partial charge is 0.385 e. The minimum absolute atomic E-state index is 0.819. The molecule has 1 aliphatic heterocycles. The molecule has 0 aromatic heterocycles. The summed E-state index contributed by atoms with van der Waals surface area (Å²) < 4.78 is 4.54. The molecule has 0 atom stereocenters. The zero-order chi connectivity index (χ0) is 9.94. The summed E-state index contributed by atoms with van der Waals surface area (Å²) in [4.78, 5) is 9.98. The molecule has 3 nitrogen and oxygen atoms in total. The van der Waals surface area contributed by atoms with E-state index in [0.29, 0.717) is 0 Å². The lowest BCUT2D eigenvalue weighted by atomic mass is 10.1. The van der Waals surface area contributed by atoms with Gasteiger partial charge in [-0.2, -0.15) is 0 Å². The summed E-state index contributed by atoms with van der Waals surface area (Å²) in [6, 6.07) is 0. The van der Waals surface area contributed by atoms with E-state index in [1.807, 2.05) is 6.92 Å². The molecule has 13 heavy (non-hydrogen) atoms. The van der Waals surface area contributed by atoms with Gasteiger partial charge in [0.1, 0.15) is 6.29 Å². The Hall–Kier alpha value is -0.670. The molecule has 0 radical (unpaired) electrons. The van der Waals surface area contributed by atoms with E-state index < -0.39 is 0 Å². The molecule has 0 aromatic rings. The maximum Gasteiger partial charge on any atom is 0.142 e. The lowest BCUT2D eigenvalue weighted by molar-refractivity contribution is -0.104. The van der Waals surface area contributed by atoms with Crippen LogP contribution < -0.4 is 5.32 Å². The average Bonchev–Trinajstić information content (AvgIpc) is 2.20. The summed E-state index contributed by atoms with van der Waals surface area (Å²) in [7, 11) is 1.68. The Kier molecular flexibility index (Phi) is 8.93. The third kappa shape index (κ3) is 7.68. The zero-order valence-electron chi connectivity index (χ0n) is 8.51. The van der Waals surface area contributed by atoms with Gasteiger partial charge in [0.25, 0.3) is 0 Å². The minimum Gasteiger partial charge on any atom is -0.385 e. The molecule has 1 N–H and O–H groups in total. The molecule has 0 amide bonds. The van der Waals surface area contributed by atoms with Gasteiger partial charge in [0.2, 0.25) is 0 Å². The third-order valence-electron chi connectivity index (χ3n) is 1.84. The predicted octanol–water partition coefficient (Wildman–Crippen LogP) is 1.15. The van der Waals surface area contributed by atoms with Gasteiger partial charge >= 0.3 is 0 Å². The second-order valence-electron chi connectivity index (χ2n) is 2.79. The van der Waals surface area contributed by atoms with Crippen LogP contribution >= 0.6 is 0 Å². The Bertz CT molecular complexity index is 145. The number of carbonyl (C=O) groups excluding carboxylic acids is 1. The molecule has 0 unspecified atom stereocenters. The van der Waals surface area contributed by atoms with Crippen LogP contribution in [0.3, 0.4) is 0 Å². The van der Waals surface area contributed by atoms with E-state index in [1.165, 1.54) is 5.57 Å². The fourth-order valence-electron chi connectivity index (χ4n) is 1.01. The molecular formula is C10H19NO2. The Balaban J connectivity index is 0.000000310. The Morgan fingerprint density at radius 1 is 1.46 bits per heavy atom. The smallest absolute Gasteiger partial charge is 0.142 e. The molecule has 0 aliphatic carbocycles. The molecule has 1 heterocycles. The summed E-state index contributed by atoms with van der Waals surface area (Å²) in [5.74, 6) is 0. The minimum atomic E-state index is 0.819. The second-order valence-corrected chi connectivity index (χ2v) is 2.79. The maximum absolute atomic E-state index is 9.98. The standard InChI is InChI=1S/C7H11NO.C3H8O/c9-6-3-7-1-4-8-5-2-7;1-3-4-2/h3,6,8H,1-2,4-5H2;3H2,1-2H3. The molecule has 1 aliphatic rings. The van der Waals surface area contributed by atoms with Crippen LogP contribution in [0.15, 0.2) is 11.6 Å². The van der Waals surface area contributed by atoms with Crippen LogP contribution in [0, 0.1) is 0 Å². The van der Waals surface area contributed by atoms with E-state index >= 15 is 0 Å². The van der Waals surface area contributed by atoms with Gasteiger partial charge < -0.3 is 10.1 Å². The molecule has 3 heteroatoms. The van der Waals surface area contributed by atoms with Crippen molar-refractivity contribution in [1.29, 1.82) is 0 Å². The number of ether oxygens (including phenoxy) is 1. The third-order valence-corrected chi connectivity index (χ3v) is 1.84. The quantitative estimate of drug-likeness (QED) is 0.518.